The Balaban J connectivity index is 1.47. The Kier molecular flexibility index (Phi) is 3.94. The van der Waals surface area contributed by atoms with Crippen molar-refractivity contribution in [1.82, 2.24) is 19.9 Å². The number of carbonyl (C=O) groups is 1. The number of carbonyl (C=O) groups excluding carboxylic acids is 1. The standard InChI is InChI=1S/C18H17ClN4O/c19-13-3-4-16(21-10-13)18(24)23-8-5-12(6-9-23)15-11-22-17-14(15)2-1-7-20-17/h1-4,7,10-12H,5-6,8-9H2,(H,20,22). The summed E-state index contributed by atoms with van der Waals surface area (Å²) in [6.07, 6.45) is 7.26. The van der Waals surface area contributed by atoms with E-state index in [1.165, 1.54) is 17.1 Å². The molecule has 0 atom stereocenters. The maximum absolute atomic E-state index is 12.5. The van der Waals surface area contributed by atoms with Crippen molar-refractivity contribution < 1.29 is 4.79 Å². The third kappa shape index (κ3) is 2.76. The molecule has 4 rings (SSSR count). The Morgan fingerprint density at radius 3 is 2.79 bits per heavy atom. The van der Waals surface area contributed by atoms with Crippen LogP contribution in [0.2, 0.25) is 5.02 Å². The highest BCUT2D eigenvalue weighted by Crippen LogP contribution is 2.32. The van der Waals surface area contributed by atoms with Crippen molar-refractivity contribution in [2.45, 2.75) is 18.8 Å². The number of halogens is 1. The molecule has 6 heteroatoms. The van der Waals surface area contributed by atoms with E-state index in [2.05, 4.69) is 27.2 Å². The van der Waals surface area contributed by atoms with E-state index in [9.17, 15) is 4.79 Å². The second kappa shape index (κ2) is 6.24. The van der Waals surface area contributed by atoms with Crippen LogP contribution in [-0.2, 0) is 0 Å². The molecule has 1 N–H and O–H groups in total. The molecule has 5 nitrogen and oxygen atoms in total. The Hall–Kier alpha value is -2.40. The molecule has 0 aromatic carbocycles. The van der Waals surface area contributed by atoms with Gasteiger partial charge in [0, 0.05) is 37.1 Å². The molecule has 122 valence electrons. The van der Waals surface area contributed by atoms with Crippen LogP contribution in [0.15, 0.2) is 42.9 Å². The van der Waals surface area contributed by atoms with Gasteiger partial charge in [-0.05, 0) is 48.6 Å². The van der Waals surface area contributed by atoms with Crippen molar-refractivity contribution >= 4 is 28.5 Å². The largest absolute Gasteiger partial charge is 0.346 e. The fourth-order valence-electron chi connectivity index (χ4n) is 3.37. The molecule has 0 unspecified atom stereocenters. The number of rotatable bonds is 2. The number of fused-ring (bicyclic) bond motifs is 1. The molecule has 3 aromatic rings. The molecule has 1 saturated heterocycles. The molecule has 1 fully saturated rings. The Bertz CT molecular complexity index is 866. The molecule has 0 bridgehead atoms. The molecule has 4 heterocycles. The summed E-state index contributed by atoms with van der Waals surface area (Å²) in [5.74, 6) is 0.427. The topological polar surface area (TPSA) is 61.9 Å². The molecular weight excluding hydrogens is 324 g/mol. The van der Waals surface area contributed by atoms with E-state index in [1.54, 1.807) is 18.3 Å². The average molecular weight is 341 g/mol. The van der Waals surface area contributed by atoms with Crippen LogP contribution in [0.5, 0.6) is 0 Å². The van der Waals surface area contributed by atoms with Crippen LogP contribution in [0, 0.1) is 0 Å². The van der Waals surface area contributed by atoms with Crippen LogP contribution in [-0.4, -0.2) is 38.8 Å². The zero-order valence-corrected chi connectivity index (χ0v) is 13.8. The Morgan fingerprint density at radius 1 is 1.21 bits per heavy atom. The van der Waals surface area contributed by atoms with Crippen LogP contribution in [0.25, 0.3) is 11.0 Å². The molecular formula is C18H17ClN4O. The van der Waals surface area contributed by atoms with Crippen LogP contribution >= 0.6 is 11.6 Å². The summed E-state index contributed by atoms with van der Waals surface area (Å²) in [7, 11) is 0. The minimum Gasteiger partial charge on any atom is -0.346 e. The number of amides is 1. The molecule has 0 spiro atoms. The number of aromatic amines is 1. The number of aromatic nitrogens is 3. The van der Waals surface area contributed by atoms with Gasteiger partial charge in [-0.15, -0.1) is 0 Å². The molecule has 24 heavy (non-hydrogen) atoms. The van der Waals surface area contributed by atoms with Crippen molar-refractivity contribution in [1.29, 1.82) is 0 Å². The van der Waals surface area contributed by atoms with Crippen molar-refractivity contribution in [2.24, 2.45) is 0 Å². The lowest BCUT2D eigenvalue weighted by molar-refractivity contribution is 0.0707. The van der Waals surface area contributed by atoms with Gasteiger partial charge in [0.25, 0.3) is 5.91 Å². The quantitative estimate of drug-likeness (QED) is 0.774. The minimum atomic E-state index is -0.0225. The highest BCUT2D eigenvalue weighted by Gasteiger charge is 2.26. The summed E-state index contributed by atoms with van der Waals surface area (Å²) >= 11 is 5.83. The van der Waals surface area contributed by atoms with Crippen molar-refractivity contribution in [3.05, 3.63) is 59.1 Å². The maximum Gasteiger partial charge on any atom is 0.272 e. The van der Waals surface area contributed by atoms with E-state index in [0.717, 1.165) is 31.6 Å². The van der Waals surface area contributed by atoms with Gasteiger partial charge in [0.2, 0.25) is 0 Å². The van der Waals surface area contributed by atoms with Crippen molar-refractivity contribution in [2.75, 3.05) is 13.1 Å². The van der Waals surface area contributed by atoms with Crippen LogP contribution in [0.4, 0.5) is 0 Å². The lowest BCUT2D eigenvalue weighted by Crippen LogP contribution is -2.38. The van der Waals surface area contributed by atoms with Crippen LogP contribution in [0.3, 0.4) is 0 Å². The van der Waals surface area contributed by atoms with Crippen molar-refractivity contribution in [3.63, 3.8) is 0 Å². The SMILES string of the molecule is O=C(c1ccc(Cl)cn1)N1CCC(c2c[nH]c3ncccc23)CC1. The number of likely N-dealkylation sites (tertiary alicyclic amines) is 1. The second-order valence-corrected chi connectivity index (χ2v) is 6.51. The Morgan fingerprint density at radius 2 is 2.04 bits per heavy atom. The number of H-pyrrole nitrogens is 1. The zero-order chi connectivity index (χ0) is 16.5. The molecule has 1 aliphatic rings. The van der Waals surface area contributed by atoms with E-state index in [-0.39, 0.29) is 5.91 Å². The molecule has 0 radical (unpaired) electrons. The predicted octanol–water partition coefficient (Wildman–Crippen LogP) is 3.63. The summed E-state index contributed by atoms with van der Waals surface area (Å²) < 4.78 is 0. The van der Waals surface area contributed by atoms with Gasteiger partial charge in [-0.2, -0.15) is 0 Å². The predicted molar refractivity (Wildman–Crippen MR) is 93.2 cm³/mol. The van der Waals surface area contributed by atoms with E-state index < -0.39 is 0 Å². The van der Waals surface area contributed by atoms with Gasteiger partial charge >= 0.3 is 0 Å². The maximum atomic E-state index is 12.5. The summed E-state index contributed by atoms with van der Waals surface area (Å²) in [5, 5.41) is 1.72. The van der Waals surface area contributed by atoms with E-state index in [4.69, 9.17) is 11.6 Å². The Labute approximate surface area is 144 Å². The fourth-order valence-corrected chi connectivity index (χ4v) is 3.48. The minimum absolute atomic E-state index is 0.0225. The number of hydrogen-bond acceptors (Lipinski definition) is 3. The summed E-state index contributed by atoms with van der Waals surface area (Å²) in [6, 6.07) is 7.45. The normalized spacial score (nSPS) is 15.8. The molecule has 1 amide bonds. The van der Waals surface area contributed by atoms with Gasteiger partial charge in [-0.25, -0.2) is 9.97 Å². The second-order valence-electron chi connectivity index (χ2n) is 6.07. The van der Waals surface area contributed by atoms with Crippen molar-refractivity contribution in [3.8, 4) is 0 Å². The van der Waals surface area contributed by atoms with Gasteiger partial charge in [0.1, 0.15) is 11.3 Å². The summed E-state index contributed by atoms with van der Waals surface area (Å²) in [4.78, 5) is 26.1. The lowest BCUT2D eigenvalue weighted by Gasteiger charge is -2.31. The van der Waals surface area contributed by atoms with Crippen LogP contribution < -0.4 is 0 Å². The summed E-state index contributed by atoms with van der Waals surface area (Å²) in [6.45, 7) is 1.47. The monoisotopic (exact) mass is 340 g/mol. The van der Waals surface area contributed by atoms with Gasteiger partial charge in [0.05, 0.1) is 5.02 Å². The van der Waals surface area contributed by atoms with E-state index in [1.807, 2.05) is 11.0 Å². The van der Waals surface area contributed by atoms with Gasteiger partial charge in [-0.1, -0.05) is 11.6 Å². The number of piperidine rings is 1. The van der Waals surface area contributed by atoms with Crippen LogP contribution in [0.1, 0.15) is 34.8 Å². The molecule has 1 aliphatic heterocycles. The first-order valence-corrected chi connectivity index (χ1v) is 8.43. The van der Waals surface area contributed by atoms with E-state index in [0.29, 0.717) is 16.6 Å². The molecule has 0 saturated carbocycles. The molecule has 3 aromatic heterocycles. The zero-order valence-electron chi connectivity index (χ0n) is 13.1. The lowest BCUT2D eigenvalue weighted by atomic mass is 9.89. The number of nitrogens with one attached hydrogen (secondary N) is 1. The average Bonchev–Trinajstić information content (AvgIpc) is 3.06. The first kappa shape index (κ1) is 15.1. The van der Waals surface area contributed by atoms with Gasteiger partial charge in [0.15, 0.2) is 0 Å². The first-order valence-electron chi connectivity index (χ1n) is 8.05. The smallest absolute Gasteiger partial charge is 0.272 e. The highest BCUT2D eigenvalue weighted by atomic mass is 35.5. The third-order valence-electron chi connectivity index (χ3n) is 4.65. The highest BCUT2D eigenvalue weighted by molar-refractivity contribution is 6.30. The first-order chi connectivity index (χ1) is 11.7. The third-order valence-corrected chi connectivity index (χ3v) is 4.88. The van der Waals surface area contributed by atoms with Gasteiger partial charge < -0.3 is 9.88 Å². The number of pyridine rings is 2. The summed E-state index contributed by atoms with van der Waals surface area (Å²) in [5.41, 5.74) is 2.68. The molecule has 0 aliphatic carbocycles. The fraction of sp³-hybridized carbons (Fsp3) is 0.278. The number of nitrogens with zero attached hydrogens (tertiary/aromatic N) is 3. The van der Waals surface area contributed by atoms with Gasteiger partial charge in [-0.3, -0.25) is 4.79 Å². The number of hydrogen-bond donors (Lipinski definition) is 1. The van der Waals surface area contributed by atoms with E-state index >= 15 is 0 Å².